The number of hydrogen-bond donors (Lipinski definition) is 2. The molecule has 2 aromatic rings. The Morgan fingerprint density at radius 1 is 1.22 bits per heavy atom. The van der Waals surface area contributed by atoms with Crippen LogP contribution in [0.5, 0.6) is 0 Å². The minimum atomic E-state index is -3.91. The van der Waals surface area contributed by atoms with Crippen LogP contribution in [0.15, 0.2) is 47.4 Å². The van der Waals surface area contributed by atoms with Gasteiger partial charge in [-0.05, 0) is 61.7 Å². The molecule has 0 aromatic heterocycles. The van der Waals surface area contributed by atoms with E-state index in [1.165, 1.54) is 24.3 Å². The highest BCUT2D eigenvalue weighted by atomic mass is 32.2. The molecule has 0 spiro atoms. The van der Waals surface area contributed by atoms with Gasteiger partial charge < -0.3 is 10.1 Å². The molecule has 1 atom stereocenters. The first-order valence-electron chi connectivity index (χ1n) is 8.64. The molecular weight excluding hydrogens is 371 g/mol. The van der Waals surface area contributed by atoms with Gasteiger partial charge >= 0.3 is 0 Å². The number of ether oxygens (including phenoxy) is 1. The van der Waals surface area contributed by atoms with Gasteiger partial charge in [-0.2, -0.15) is 0 Å². The van der Waals surface area contributed by atoms with E-state index in [4.69, 9.17) is 4.74 Å². The van der Waals surface area contributed by atoms with E-state index in [9.17, 15) is 17.6 Å². The van der Waals surface area contributed by atoms with Crippen molar-refractivity contribution in [2.75, 3.05) is 17.9 Å². The zero-order valence-corrected chi connectivity index (χ0v) is 15.7. The zero-order valence-electron chi connectivity index (χ0n) is 14.9. The first-order chi connectivity index (χ1) is 12.8. The van der Waals surface area contributed by atoms with Crippen LogP contribution in [-0.4, -0.2) is 33.6 Å². The Morgan fingerprint density at radius 2 is 1.96 bits per heavy atom. The largest absolute Gasteiger partial charge is 0.376 e. The Hall–Kier alpha value is -2.45. The van der Waals surface area contributed by atoms with E-state index < -0.39 is 15.8 Å². The highest BCUT2D eigenvalue weighted by molar-refractivity contribution is 7.92. The number of halogens is 1. The minimum absolute atomic E-state index is 0.00122. The summed E-state index contributed by atoms with van der Waals surface area (Å²) in [4.78, 5) is 12.4. The molecule has 1 amide bonds. The molecule has 144 valence electrons. The maximum atomic E-state index is 13.0. The second-order valence-corrected chi connectivity index (χ2v) is 8.12. The van der Waals surface area contributed by atoms with Crippen molar-refractivity contribution in [2.45, 2.75) is 30.8 Å². The molecule has 1 heterocycles. The monoisotopic (exact) mass is 392 g/mol. The number of rotatable bonds is 6. The maximum Gasteiger partial charge on any atom is 0.261 e. The van der Waals surface area contributed by atoms with Crippen molar-refractivity contribution in [3.8, 4) is 0 Å². The third-order valence-corrected chi connectivity index (χ3v) is 5.75. The van der Waals surface area contributed by atoms with Gasteiger partial charge in [-0.15, -0.1) is 0 Å². The van der Waals surface area contributed by atoms with Gasteiger partial charge in [0, 0.05) is 24.4 Å². The summed E-state index contributed by atoms with van der Waals surface area (Å²) in [5, 5.41) is 2.80. The van der Waals surface area contributed by atoms with Crippen molar-refractivity contribution in [3.63, 3.8) is 0 Å². The molecule has 0 unspecified atom stereocenters. The summed E-state index contributed by atoms with van der Waals surface area (Å²) in [5.41, 5.74) is 1.19. The summed E-state index contributed by atoms with van der Waals surface area (Å²) in [7, 11) is -3.91. The molecule has 0 aliphatic carbocycles. The normalized spacial score (nSPS) is 16.9. The fourth-order valence-corrected chi connectivity index (χ4v) is 3.94. The summed E-state index contributed by atoms with van der Waals surface area (Å²) in [5.74, 6) is -0.805. The van der Waals surface area contributed by atoms with E-state index in [1.54, 1.807) is 13.0 Å². The van der Waals surface area contributed by atoms with Crippen LogP contribution in [0.3, 0.4) is 0 Å². The number of carbonyl (C=O) groups is 1. The predicted octanol–water partition coefficient (Wildman–Crippen LogP) is 2.84. The van der Waals surface area contributed by atoms with Gasteiger partial charge in [0.2, 0.25) is 0 Å². The van der Waals surface area contributed by atoms with Crippen molar-refractivity contribution in [1.82, 2.24) is 5.32 Å². The average Bonchev–Trinajstić information content (AvgIpc) is 3.15. The van der Waals surface area contributed by atoms with E-state index in [0.717, 1.165) is 25.0 Å². The van der Waals surface area contributed by atoms with Gasteiger partial charge in [-0.1, -0.05) is 6.07 Å². The van der Waals surface area contributed by atoms with Crippen LogP contribution in [0.4, 0.5) is 10.1 Å². The lowest BCUT2D eigenvalue weighted by atomic mass is 10.1. The molecular formula is C19H21FN2O4S. The molecule has 0 bridgehead atoms. The van der Waals surface area contributed by atoms with Gasteiger partial charge in [-0.25, -0.2) is 12.8 Å². The second kappa shape index (κ2) is 8.06. The van der Waals surface area contributed by atoms with Gasteiger partial charge in [0.25, 0.3) is 15.9 Å². The Balaban J connectivity index is 1.76. The summed E-state index contributed by atoms with van der Waals surface area (Å²) in [6, 6.07) is 9.34. The van der Waals surface area contributed by atoms with Gasteiger partial charge in [-0.3, -0.25) is 9.52 Å². The molecule has 2 aromatic carbocycles. The molecule has 1 saturated heterocycles. The Morgan fingerprint density at radius 3 is 2.63 bits per heavy atom. The molecule has 3 rings (SSSR count). The van der Waals surface area contributed by atoms with Crippen LogP contribution in [0.25, 0.3) is 0 Å². The van der Waals surface area contributed by atoms with Crippen molar-refractivity contribution >= 4 is 21.6 Å². The lowest BCUT2D eigenvalue weighted by molar-refractivity contribution is 0.0857. The Bertz CT molecular complexity index is 923. The lowest BCUT2D eigenvalue weighted by Gasteiger charge is -2.13. The van der Waals surface area contributed by atoms with Crippen molar-refractivity contribution in [2.24, 2.45) is 0 Å². The van der Waals surface area contributed by atoms with E-state index in [1.807, 2.05) is 0 Å². The quantitative estimate of drug-likeness (QED) is 0.792. The highest BCUT2D eigenvalue weighted by Crippen LogP contribution is 2.20. The molecule has 6 nitrogen and oxygen atoms in total. The Labute approximate surface area is 157 Å². The number of benzene rings is 2. The molecule has 0 saturated carbocycles. The number of aryl methyl sites for hydroxylation is 1. The van der Waals surface area contributed by atoms with E-state index in [2.05, 4.69) is 10.0 Å². The highest BCUT2D eigenvalue weighted by Gasteiger charge is 2.20. The van der Waals surface area contributed by atoms with Crippen LogP contribution < -0.4 is 10.0 Å². The summed E-state index contributed by atoms with van der Waals surface area (Å²) in [6.45, 7) is 2.83. The predicted molar refractivity (Wildman–Crippen MR) is 99.7 cm³/mol. The van der Waals surface area contributed by atoms with E-state index in [-0.39, 0.29) is 28.2 Å². The fourth-order valence-electron chi connectivity index (χ4n) is 2.85. The maximum absolute atomic E-state index is 13.0. The number of carbonyl (C=O) groups excluding carboxylic acids is 1. The summed E-state index contributed by atoms with van der Waals surface area (Å²) < 4.78 is 46.0. The van der Waals surface area contributed by atoms with Crippen LogP contribution in [-0.2, 0) is 14.8 Å². The standard InChI is InChI=1S/C19H21FN2O4S/c1-13-4-9-17(27(24,25)22-15-7-5-14(20)6-8-15)11-18(13)19(23)21-12-16-3-2-10-26-16/h4-9,11,16,22H,2-3,10,12H2,1H3,(H,21,23)/t16-/m1/s1. The van der Waals surface area contributed by atoms with Crippen LogP contribution in [0, 0.1) is 12.7 Å². The minimum Gasteiger partial charge on any atom is -0.376 e. The van der Waals surface area contributed by atoms with Crippen LogP contribution in [0.2, 0.25) is 0 Å². The molecule has 8 heteroatoms. The molecule has 1 fully saturated rings. The first kappa shape index (κ1) is 19.3. The number of sulfonamides is 1. The zero-order chi connectivity index (χ0) is 19.4. The van der Waals surface area contributed by atoms with Crippen molar-refractivity contribution < 1.29 is 22.3 Å². The second-order valence-electron chi connectivity index (χ2n) is 6.43. The molecule has 27 heavy (non-hydrogen) atoms. The summed E-state index contributed by atoms with van der Waals surface area (Å²) >= 11 is 0. The van der Waals surface area contributed by atoms with E-state index >= 15 is 0 Å². The number of nitrogens with one attached hydrogen (secondary N) is 2. The fraction of sp³-hybridized carbons (Fsp3) is 0.316. The molecule has 1 aliphatic heterocycles. The molecule has 1 aliphatic rings. The van der Waals surface area contributed by atoms with Crippen molar-refractivity contribution in [3.05, 3.63) is 59.4 Å². The average molecular weight is 392 g/mol. The molecule has 0 radical (unpaired) electrons. The molecule has 2 N–H and O–H groups in total. The smallest absolute Gasteiger partial charge is 0.261 e. The summed E-state index contributed by atoms with van der Waals surface area (Å²) in [6.07, 6.45) is 1.87. The number of anilines is 1. The number of hydrogen-bond acceptors (Lipinski definition) is 4. The SMILES string of the molecule is Cc1ccc(S(=O)(=O)Nc2ccc(F)cc2)cc1C(=O)NC[C@H]1CCCO1. The Kier molecular flexibility index (Phi) is 5.76. The number of amides is 1. The lowest BCUT2D eigenvalue weighted by Crippen LogP contribution is -2.32. The van der Waals surface area contributed by atoms with Crippen LogP contribution in [0.1, 0.15) is 28.8 Å². The van der Waals surface area contributed by atoms with Crippen LogP contribution >= 0.6 is 0 Å². The first-order valence-corrected chi connectivity index (χ1v) is 10.1. The van der Waals surface area contributed by atoms with Crippen molar-refractivity contribution in [1.29, 1.82) is 0 Å². The van der Waals surface area contributed by atoms with E-state index in [0.29, 0.717) is 18.7 Å². The third-order valence-electron chi connectivity index (χ3n) is 4.37. The van der Waals surface area contributed by atoms with Gasteiger partial charge in [0.05, 0.1) is 11.0 Å². The topological polar surface area (TPSA) is 84.5 Å². The van der Waals surface area contributed by atoms with Gasteiger partial charge in [0.1, 0.15) is 5.82 Å². The van der Waals surface area contributed by atoms with Gasteiger partial charge in [0.15, 0.2) is 0 Å². The third kappa shape index (κ3) is 4.84.